The molecule has 0 bridgehead atoms. The van der Waals surface area contributed by atoms with E-state index in [0.29, 0.717) is 13.2 Å². The maximum absolute atomic E-state index is 13.3. The second-order valence-corrected chi connectivity index (χ2v) is 16.3. The third-order valence-electron chi connectivity index (χ3n) is 8.06. The smallest absolute Gasteiger partial charge is 0.308 e. The molecule has 1 saturated heterocycles. The van der Waals surface area contributed by atoms with Gasteiger partial charge in [0, 0.05) is 5.92 Å². The number of hydrogen-bond donors (Lipinski definition) is 0. The molecule has 4 nitrogen and oxygen atoms in total. The summed E-state index contributed by atoms with van der Waals surface area (Å²) in [5, 5.41) is 2.32. The van der Waals surface area contributed by atoms with Crippen LogP contribution in [0.2, 0.25) is 5.04 Å². The highest BCUT2D eigenvalue weighted by molar-refractivity contribution is 6.99. The van der Waals surface area contributed by atoms with Crippen molar-refractivity contribution in [3.05, 3.63) is 96.6 Å². The Bertz CT molecular complexity index is 1120. The largest absolute Gasteiger partial charge is 0.462 e. The van der Waals surface area contributed by atoms with Crippen LogP contribution < -0.4 is 10.4 Å². The zero-order chi connectivity index (χ0) is 27.9. The number of ether oxygens (including phenoxy) is 2. The Balaban J connectivity index is 1.51. The first kappa shape index (κ1) is 29.3. The Hall–Kier alpha value is -2.73. The minimum absolute atomic E-state index is 0.124. The summed E-state index contributed by atoms with van der Waals surface area (Å²) in [7, 11) is -2.76. The van der Waals surface area contributed by atoms with Crippen molar-refractivity contribution < 1.29 is 18.7 Å². The molecule has 0 saturated carbocycles. The van der Waals surface area contributed by atoms with E-state index < -0.39 is 8.32 Å². The van der Waals surface area contributed by atoms with Crippen molar-refractivity contribution in [2.45, 2.75) is 77.7 Å². The molecule has 0 spiro atoms. The van der Waals surface area contributed by atoms with Gasteiger partial charge in [0.15, 0.2) is 0 Å². The van der Waals surface area contributed by atoms with Gasteiger partial charge in [-0.25, -0.2) is 0 Å². The minimum Gasteiger partial charge on any atom is -0.462 e. The number of cyclic esters (lactones) is 1. The van der Waals surface area contributed by atoms with Crippen LogP contribution in [0, 0.1) is 11.8 Å². The molecule has 5 heteroatoms. The summed E-state index contributed by atoms with van der Waals surface area (Å²) >= 11 is 0. The van der Waals surface area contributed by atoms with Crippen LogP contribution in [0.5, 0.6) is 0 Å². The SMILES string of the molecule is C[C@H](COCc1ccccc1)[C@@H]1CC[C@H](C)[C@H](O[Si](c2ccccc2)(c2ccccc2)C(C)(C)C)CC(=O)O1. The highest BCUT2D eigenvalue weighted by Crippen LogP contribution is 2.39. The Morgan fingerprint density at radius 3 is 1.95 bits per heavy atom. The summed E-state index contributed by atoms with van der Waals surface area (Å²) in [6.07, 6.45) is 1.64. The average molecular weight is 545 g/mol. The standard InChI is InChI=1S/C34H44O4Si/c1-26-21-22-31(27(2)24-36-25-28-15-9-6-10-16-28)37-33(35)23-32(26)38-39(34(3,4)5,29-17-11-7-12-18-29)30-19-13-8-14-20-30/h6-20,26-27,31-32H,21-25H2,1-5H3/t26-,27+,31-,32+/m0/s1. The molecular weight excluding hydrogens is 500 g/mol. The Morgan fingerprint density at radius 2 is 1.41 bits per heavy atom. The molecule has 1 fully saturated rings. The number of hydrogen-bond acceptors (Lipinski definition) is 4. The molecule has 0 amide bonds. The van der Waals surface area contributed by atoms with Crippen molar-refractivity contribution in [2.24, 2.45) is 11.8 Å². The molecule has 1 heterocycles. The van der Waals surface area contributed by atoms with Gasteiger partial charge in [0.1, 0.15) is 6.10 Å². The predicted octanol–water partition coefficient (Wildman–Crippen LogP) is 6.52. The summed E-state index contributed by atoms with van der Waals surface area (Å²) in [4.78, 5) is 13.3. The lowest BCUT2D eigenvalue weighted by Crippen LogP contribution is -2.68. The second kappa shape index (κ2) is 13.1. The van der Waals surface area contributed by atoms with Gasteiger partial charge in [-0.2, -0.15) is 0 Å². The fraction of sp³-hybridized carbons (Fsp3) is 0.441. The van der Waals surface area contributed by atoms with Crippen molar-refractivity contribution in [1.29, 1.82) is 0 Å². The van der Waals surface area contributed by atoms with Crippen molar-refractivity contribution >= 4 is 24.7 Å². The maximum atomic E-state index is 13.3. The van der Waals surface area contributed by atoms with Crippen LogP contribution in [0.3, 0.4) is 0 Å². The molecular formula is C34H44O4Si. The van der Waals surface area contributed by atoms with Crippen LogP contribution in [-0.2, 0) is 25.3 Å². The molecule has 3 aromatic carbocycles. The highest BCUT2D eigenvalue weighted by atomic mass is 28.4. The zero-order valence-electron chi connectivity index (χ0n) is 24.1. The van der Waals surface area contributed by atoms with E-state index in [-0.39, 0.29) is 41.5 Å². The van der Waals surface area contributed by atoms with Crippen molar-refractivity contribution in [3.63, 3.8) is 0 Å². The monoisotopic (exact) mass is 544 g/mol. The van der Waals surface area contributed by atoms with Gasteiger partial charge in [0.2, 0.25) is 0 Å². The fourth-order valence-electron chi connectivity index (χ4n) is 5.78. The lowest BCUT2D eigenvalue weighted by atomic mass is 9.90. The Kier molecular flexibility index (Phi) is 9.81. The van der Waals surface area contributed by atoms with E-state index in [1.165, 1.54) is 10.4 Å². The van der Waals surface area contributed by atoms with Crippen LogP contribution in [0.25, 0.3) is 0 Å². The topological polar surface area (TPSA) is 44.8 Å². The summed E-state index contributed by atoms with van der Waals surface area (Å²) in [5.41, 5.74) is 1.15. The first-order valence-corrected chi connectivity index (χ1v) is 16.2. The number of carbonyl (C=O) groups is 1. The predicted molar refractivity (Wildman–Crippen MR) is 161 cm³/mol. The minimum atomic E-state index is -2.76. The summed E-state index contributed by atoms with van der Waals surface area (Å²) in [6, 6.07) is 31.4. The van der Waals surface area contributed by atoms with Gasteiger partial charge in [-0.15, -0.1) is 0 Å². The average Bonchev–Trinajstić information content (AvgIpc) is 2.93. The van der Waals surface area contributed by atoms with E-state index >= 15 is 0 Å². The van der Waals surface area contributed by atoms with E-state index in [1.54, 1.807) is 0 Å². The van der Waals surface area contributed by atoms with Crippen molar-refractivity contribution in [3.8, 4) is 0 Å². The molecule has 4 atom stereocenters. The van der Waals surface area contributed by atoms with Crippen molar-refractivity contribution in [1.82, 2.24) is 0 Å². The second-order valence-electron chi connectivity index (χ2n) is 12.1. The molecule has 0 N–H and O–H groups in total. The number of rotatable bonds is 9. The molecule has 1 aliphatic heterocycles. The van der Waals surface area contributed by atoms with Gasteiger partial charge in [0.05, 0.1) is 25.7 Å². The number of esters is 1. The lowest BCUT2D eigenvalue weighted by molar-refractivity contribution is -0.158. The van der Waals surface area contributed by atoms with Crippen LogP contribution >= 0.6 is 0 Å². The third-order valence-corrected chi connectivity index (χ3v) is 13.1. The molecule has 208 valence electrons. The number of carbonyl (C=O) groups excluding carboxylic acids is 1. The molecule has 4 rings (SSSR count). The first-order valence-electron chi connectivity index (χ1n) is 14.3. The van der Waals surface area contributed by atoms with Gasteiger partial charge >= 0.3 is 5.97 Å². The summed E-state index contributed by atoms with van der Waals surface area (Å²) in [5.74, 6) is 0.169. The molecule has 0 radical (unpaired) electrons. The van der Waals surface area contributed by atoms with E-state index in [1.807, 2.05) is 18.2 Å². The fourth-order valence-corrected chi connectivity index (χ4v) is 10.6. The van der Waals surface area contributed by atoms with Gasteiger partial charge in [-0.05, 0) is 39.7 Å². The van der Waals surface area contributed by atoms with Gasteiger partial charge < -0.3 is 13.9 Å². The lowest BCUT2D eigenvalue weighted by Gasteiger charge is -2.46. The highest BCUT2D eigenvalue weighted by Gasteiger charge is 2.52. The zero-order valence-corrected chi connectivity index (χ0v) is 25.1. The van der Waals surface area contributed by atoms with Crippen LogP contribution in [0.1, 0.15) is 59.4 Å². The maximum Gasteiger partial charge on any atom is 0.308 e. The van der Waals surface area contributed by atoms with Crippen molar-refractivity contribution in [2.75, 3.05) is 6.61 Å². The summed E-state index contributed by atoms with van der Waals surface area (Å²) in [6.45, 7) is 12.3. The Labute approximate surface area is 235 Å². The van der Waals surface area contributed by atoms with E-state index in [9.17, 15) is 4.79 Å². The van der Waals surface area contributed by atoms with Crippen LogP contribution in [-0.4, -0.2) is 33.1 Å². The van der Waals surface area contributed by atoms with Gasteiger partial charge in [-0.1, -0.05) is 126 Å². The third kappa shape index (κ3) is 7.08. The van der Waals surface area contributed by atoms with E-state index in [2.05, 4.69) is 107 Å². The molecule has 3 aromatic rings. The molecule has 0 aliphatic carbocycles. The molecule has 0 aromatic heterocycles. The first-order chi connectivity index (χ1) is 18.7. The van der Waals surface area contributed by atoms with Gasteiger partial charge in [0.25, 0.3) is 8.32 Å². The quantitative estimate of drug-likeness (QED) is 0.227. The van der Waals surface area contributed by atoms with Crippen LogP contribution in [0.15, 0.2) is 91.0 Å². The molecule has 1 aliphatic rings. The van der Waals surface area contributed by atoms with Gasteiger partial charge in [-0.3, -0.25) is 4.79 Å². The molecule has 39 heavy (non-hydrogen) atoms. The van der Waals surface area contributed by atoms with E-state index in [4.69, 9.17) is 13.9 Å². The normalized spacial score (nSPS) is 21.5. The van der Waals surface area contributed by atoms with Crippen LogP contribution in [0.4, 0.5) is 0 Å². The molecule has 0 unspecified atom stereocenters. The summed E-state index contributed by atoms with van der Waals surface area (Å²) < 4.78 is 19.4. The van der Waals surface area contributed by atoms with E-state index in [0.717, 1.165) is 18.4 Å². The number of benzene rings is 3. The Morgan fingerprint density at radius 1 is 0.872 bits per heavy atom.